The molecule has 7 nitrogen and oxygen atoms in total. The molecule has 0 bridgehead atoms. The second-order valence-electron chi connectivity index (χ2n) is 6.41. The molecule has 1 N–H and O–H groups in total. The SMILES string of the molecule is CC.O=C1CC(Oc2ccc3c(c2)CN(C2CCC(=O)NC2=O)C3=O)C1. The van der Waals surface area contributed by atoms with E-state index in [2.05, 4.69) is 5.32 Å². The third-order valence-corrected chi connectivity index (χ3v) is 4.71. The first kappa shape index (κ1) is 18.1. The standard InChI is InChI=1S/C17H16N2O5.C2H6/c20-10-6-12(7-10)24-11-1-2-13-9(5-11)8-19(17(13)23)14-3-4-15(21)18-16(14)22;1-2/h1-2,5,12,14H,3-4,6-8H2,(H,18,21,22);1-2H3. The Balaban J connectivity index is 0.000000948. The molecule has 2 heterocycles. The van der Waals surface area contributed by atoms with Gasteiger partial charge in [0.2, 0.25) is 11.8 Å². The number of benzene rings is 1. The average Bonchev–Trinajstić information content (AvgIpc) is 2.91. The summed E-state index contributed by atoms with van der Waals surface area (Å²) in [5, 5.41) is 2.28. The number of carbonyl (C=O) groups is 4. The van der Waals surface area contributed by atoms with Crippen LogP contribution in [0.15, 0.2) is 18.2 Å². The fourth-order valence-electron chi connectivity index (χ4n) is 3.35. The Morgan fingerprint density at radius 1 is 1.12 bits per heavy atom. The number of ether oxygens (including phenoxy) is 1. The summed E-state index contributed by atoms with van der Waals surface area (Å²) in [7, 11) is 0. The van der Waals surface area contributed by atoms with Crippen molar-refractivity contribution in [1.82, 2.24) is 10.2 Å². The van der Waals surface area contributed by atoms with E-state index in [1.165, 1.54) is 4.90 Å². The minimum absolute atomic E-state index is 0.0844. The maximum Gasteiger partial charge on any atom is 0.255 e. The molecule has 3 amide bonds. The van der Waals surface area contributed by atoms with Crippen molar-refractivity contribution in [2.45, 2.75) is 58.2 Å². The number of hydrogen-bond donors (Lipinski definition) is 1. The minimum Gasteiger partial charge on any atom is -0.490 e. The molecule has 138 valence electrons. The number of amides is 3. The third kappa shape index (κ3) is 3.34. The Morgan fingerprint density at radius 3 is 2.50 bits per heavy atom. The molecule has 1 saturated carbocycles. The van der Waals surface area contributed by atoms with Gasteiger partial charge in [0.25, 0.3) is 5.91 Å². The maximum atomic E-state index is 12.5. The number of rotatable bonds is 3. The van der Waals surface area contributed by atoms with E-state index in [9.17, 15) is 19.2 Å². The maximum absolute atomic E-state index is 12.5. The zero-order chi connectivity index (χ0) is 18.8. The smallest absolute Gasteiger partial charge is 0.255 e. The highest BCUT2D eigenvalue weighted by Crippen LogP contribution is 2.31. The molecule has 2 aliphatic heterocycles. The molecule has 1 aromatic rings. The van der Waals surface area contributed by atoms with Crippen molar-refractivity contribution in [1.29, 1.82) is 0 Å². The third-order valence-electron chi connectivity index (χ3n) is 4.71. The van der Waals surface area contributed by atoms with Gasteiger partial charge in [-0.05, 0) is 30.2 Å². The number of carbonyl (C=O) groups excluding carboxylic acids is 4. The summed E-state index contributed by atoms with van der Waals surface area (Å²) in [5.41, 5.74) is 1.35. The lowest BCUT2D eigenvalue weighted by atomic mass is 9.94. The Hall–Kier alpha value is -2.70. The van der Waals surface area contributed by atoms with E-state index in [4.69, 9.17) is 4.74 Å². The molecular formula is C19H22N2O5. The van der Waals surface area contributed by atoms with Crippen LogP contribution < -0.4 is 10.1 Å². The van der Waals surface area contributed by atoms with Crippen LogP contribution in [-0.2, 0) is 20.9 Å². The van der Waals surface area contributed by atoms with Crippen LogP contribution in [0.2, 0.25) is 0 Å². The van der Waals surface area contributed by atoms with Gasteiger partial charge >= 0.3 is 0 Å². The van der Waals surface area contributed by atoms with Crippen molar-refractivity contribution < 1.29 is 23.9 Å². The topological polar surface area (TPSA) is 92.8 Å². The molecule has 1 saturated heterocycles. The average molecular weight is 358 g/mol. The molecule has 1 aromatic carbocycles. The molecule has 26 heavy (non-hydrogen) atoms. The summed E-state index contributed by atoms with van der Waals surface area (Å²) in [6, 6.07) is 4.59. The van der Waals surface area contributed by atoms with E-state index in [1.807, 2.05) is 13.8 Å². The Kier molecular flexibility index (Phi) is 5.06. The fourth-order valence-corrected chi connectivity index (χ4v) is 3.35. The first-order valence-corrected chi connectivity index (χ1v) is 8.97. The number of nitrogens with one attached hydrogen (secondary N) is 1. The highest BCUT2D eigenvalue weighted by Gasteiger charge is 2.39. The van der Waals surface area contributed by atoms with Gasteiger partial charge in [0.05, 0.1) is 0 Å². The van der Waals surface area contributed by atoms with Crippen molar-refractivity contribution in [3.05, 3.63) is 29.3 Å². The molecule has 3 aliphatic rings. The van der Waals surface area contributed by atoms with Gasteiger partial charge < -0.3 is 9.64 Å². The van der Waals surface area contributed by atoms with Gasteiger partial charge in [0, 0.05) is 31.4 Å². The van der Waals surface area contributed by atoms with E-state index in [0.29, 0.717) is 37.1 Å². The van der Waals surface area contributed by atoms with Crippen LogP contribution in [0.4, 0.5) is 0 Å². The van der Waals surface area contributed by atoms with E-state index < -0.39 is 11.9 Å². The Labute approximate surface area is 151 Å². The van der Waals surface area contributed by atoms with E-state index in [0.717, 1.165) is 5.56 Å². The quantitative estimate of drug-likeness (QED) is 0.828. The normalized spacial score (nSPS) is 22.2. The van der Waals surface area contributed by atoms with Gasteiger partial charge in [-0.15, -0.1) is 0 Å². The number of fused-ring (bicyclic) bond motifs is 1. The second-order valence-corrected chi connectivity index (χ2v) is 6.41. The lowest BCUT2D eigenvalue weighted by Crippen LogP contribution is -2.52. The monoisotopic (exact) mass is 358 g/mol. The van der Waals surface area contributed by atoms with Gasteiger partial charge in [0.15, 0.2) is 0 Å². The van der Waals surface area contributed by atoms with Crippen LogP contribution in [0.1, 0.15) is 55.5 Å². The van der Waals surface area contributed by atoms with Gasteiger partial charge in [0.1, 0.15) is 23.7 Å². The van der Waals surface area contributed by atoms with Crippen LogP contribution in [-0.4, -0.2) is 40.6 Å². The summed E-state index contributed by atoms with van der Waals surface area (Å²) < 4.78 is 5.72. The van der Waals surface area contributed by atoms with Crippen LogP contribution in [0.5, 0.6) is 5.75 Å². The predicted octanol–water partition coefficient (Wildman–Crippen LogP) is 1.58. The number of imide groups is 1. The van der Waals surface area contributed by atoms with Crippen molar-refractivity contribution in [2.75, 3.05) is 0 Å². The number of nitrogens with zero attached hydrogens (tertiary/aromatic N) is 1. The van der Waals surface area contributed by atoms with Crippen molar-refractivity contribution in [3.8, 4) is 5.75 Å². The minimum atomic E-state index is -0.615. The highest BCUT2D eigenvalue weighted by molar-refractivity contribution is 6.05. The first-order valence-electron chi connectivity index (χ1n) is 8.97. The molecular weight excluding hydrogens is 336 g/mol. The van der Waals surface area contributed by atoms with Gasteiger partial charge in [-0.25, -0.2) is 0 Å². The lowest BCUT2D eigenvalue weighted by Gasteiger charge is -2.29. The van der Waals surface area contributed by atoms with E-state index >= 15 is 0 Å². The van der Waals surface area contributed by atoms with Gasteiger partial charge in [-0.2, -0.15) is 0 Å². The van der Waals surface area contributed by atoms with Crippen LogP contribution in [0, 0.1) is 0 Å². The summed E-state index contributed by atoms with van der Waals surface area (Å²) in [4.78, 5) is 48.3. The van der Waals surface area contributed by atoms with E-state index in [-0.39, 0.29) is 30.1 Å². The van der Waals surface area contributed by atoms with Gasteiger partial charge in [-0.1, -0.05) is 13.8 Å². The van der Waals surface area contributed by atoms with Crippen molar-refractivity contribution in [3.63, 3.8) is 0 Å². The zero-order valence-electron chi connectivity index (χ0n) is 14.9. The zero-order valence-corrected chi connectivity index (χ0v) is 14.9. The molecule has 1 atom stereocenters. The van der Waals surface area contributed by atoms with Crippen LogP contribution in [0.25, 0.3) is 0 Å². The van der Waals surface area contributed by atoms with Gasteiger partial charge in [-0.3, -0.25) is 24.5 Å². The molecule has 0 spiro atoms. The summed E-state index contributed by atoms with van der Waals surface area (Å²) in [5.74, 6) is -0.0996. The summed E-state index contributed by atoms with van der Waals surface area (Å²) >= 11 is 0. The molecule has 4 rings (SSSR count). The lowest BCUT2D eigenvalue weighted by molar-refractivity contribution is -0.137. The van der Waals surface area contributed by atoms with Crippen molar-refractivity contribution in [2.24, 2.45) is 0 Å². The van der Waals surface area contributed by atoms with Crippen molar-refractivity contribution >= 4 is 23.5 Å². The predicted molar refractivity (Wildman–Crippen MR) is 92.5 cm³/mol. The van der Waals surface area contributed by atoms with Crippen LogP contribution >= 0.6 is 0 Å². The molecule has 7 heteroatoms. The highest BCUT2D eigenvalue weighted by atomic mass is 16.5. The van der Waals surface area contributed by atoms with Crippen LogP contribution in [0.3, 0.4) is 0 Å². The van der Waals surface area contributed by atoms with E-state index in [1.54, 1.807) is 18.2 Å². The summed E-state index contributed by atoms with van der Waals surface area (Å²) in [6.45, 7) is 4.32. The molecule has 0 radical (unpaired) electrons. The number of Topliss-reactive ketones (excluding diaryl/α,β-unsaturated/α-hetero) is 1. The second kappa shape index (κ2) is 7.27. The fraction of sp³-hybridized carbons (Fsp3) is 0.474. The molecule has 1 unspecified atom stereocenters. The Morgan fingerprint density at radius 2 is 1.85 bits per heavy atom. The number of ketones is 1. The number of piperidine rings is 1. The number of hydrogen-bond acceptors (Lipinski definition) is 5. The molecule has 1 aliphatic carbocycles. The Bertz CT molecular complexity index is 765. The first-order chi connectivity index (χ1) is 12.5. The summed E-state index contributed by atoms with van der Waals surface area (Å²) in [6.07, 6.45) is 1.36. The largest absolute Gasteiger partial charge is 0.490 e. The molecule has 0 aromatic heterocycles. The molecule has 2 fully saturated rings.